The van der Waals surface area contributed by atoms with Crippen molar-refractivity contribution in [1.29, 1.82) is 0 Å². The van der Waals surface area contributed by atoms with Crippen molar-refractivity contribution in [2.75, 3.05) is 19.7 Å². The number of esters is 1. The standard InChI is InChI=1S/C15H18N4O3/c1-2-22-15(21)12-4-3-9-19(10-12)14(20)11-5-7-13(8-6-11)17-18-16/h5-8,12H,2-4,9-10H2,1H3. The van der Waals surface area contributed by atoms with Gasteiger partial charge < -0.3 is 9.64 Å². The van der Waals surface area contributed by atoms with Crippen LogP contribution in [-0.2, 0) is 9.53 Å². The number of carbonyl (C=O) groups excluding carboxylic acids is 2. The van der Waals surface area contributed by atoms with Crippen molar-refractivity contribution in [3.05, 3.63) is 40.3 Å². The van der Waals surface area contributed by atoms with E-state index in [9.17, 15) is 9.59 Å². The van der Waals surface area contributed by atoms with E-state index in [1.54, 1.807) is 36.1 Å². The zero-order valence-corrected chi connectivity index (χ0v) is 12.4. The number of rotatable bonds is 4. The summed E-state index contributed by atoms with van der Waals surface area (Å²) in [6.07, 6.45) is 1.53. The first-order valence-electron chi connectivity index (χ1n) is 7.26. The lowest BCUT2D eigenvalue weighted by atomic mass is 9.97. The second-order valence-electron chi connectivity index (χ2n) is 5.08. The van der Waals surface area contributed by atoms with Crippen LogP contribution < -0.4 is 0 Å². The van der Waals surface area contributed by atoms with Crippen LogP contribution in [0.15, 0.2) is 29.4 Å². The Morgan fingerprint density at radius 3 is 2.77 bits per heavy atom. The van der Waals surface area contributed by atoms with E-state index in [0.717, 1.165) is 12.8 Å². The monoisotopic (exact) mass is 302 g/mol. The smallest absolute Gasteiger partial charge is 0.310 e. The number of azide groups is 1. The molecule has 1 unspecified atom stereocenters. The number of hydrogen-bond acceptors (Lipinski definition) is 4. The fourth-order valence-corrected chi connectivity index (χ4v) is 2.52. The second kappa shape index (κ2) is 7.47. The van der Waals surface area contributed by atoms with Crippen molar-refractivity contribution >= 4 is 17.6 Å². The van der Waals surface area contributed by atoms with Gasteiger partial charge in [0, 0.05) is 29.3 Å². The summed E-state index contributed by atoms with van der Waals surface area (Å²) in [6.45, 7) is 3.14. The maximum absolute atomic E-state index is 12.5. The second-order valence-corrected chi connectivity index (χ2v) is 5.08. The normalized spacial score (nSPS) is 17.5. The van der Waals surface area contributed by atoms with E-state index in [0.29, 0.717) is 30.9 Å². The molecule has 1 amide bonds. The first-order valence-corrected chi connectivity index (χ1v) is 7.26. The summed E-state index contributed by atoms with van der Waals surface area (Å²) in [5.74, 6) is -0.611. The van der Waals surface area contributed by atoms with Gasteiger partial charge in [-0.2, -0.15) is 0 Å². The van der Waals surface area contributed by atoms with E-state index < -0.39 is 0 Å². The Labute approximate surface area is 128 Å². The van der Waals surface area contributed by atoms with Crippen LogP contribution in [0.3, 0.4) is 0 Å². The molecule has 2 rings (SSSR count). The Hall–Kier alpha value is -2.53. The van der Waals surface area contributed by atoms with Crippen LogP contribution in [0.2, 0.25) is 0 Å². The van der Waals surface area contributed by atoms with Crippen LogP contribution in [0.25, 0.3) is 10.4 Å². The summed E-state index contributed by atoms with van der Waals surface area (Å²) in [6, 6.07) is 6.44. The van der Waals surface area contributed by atoms with E-state index in [2.05, 4.69) is 10.0 Å². The summed E-state index contributed by atoms with van der Waals surface area (Å²) in [7, 11) is 0. The van der Waals surface area contributed by atoms with Crippen molar-refractivity contribution in [2.24, 2.45) is 11.0 Å². The van der Waals surface area contributed by atoms with Crippen LogP contribution in [0.5, 0.6) is 0 Å². The van der Waals surface area contributed by atoms with Crippen LogP contribution in [0, 0.1) is 5.92 Å². The summed E-state index contributed by atoms with van der Waals surface area (Å²) in [5, 5.41) is 3.47. The fourth-order valence-electron chi connectivity index (χ4n) is 2.52. The van der Waals surface area contributed by atoms with Gasteiger partial charge in [-0.3, -0.25) is 9.59 Å². The molecule has 0 spiro atoms. The van der Waals surface area contributed by atoms with Crippen LogP contribution in [0.1, 0.15) is 30.1 Å². The highest BCUT2D eigenvalue weighted by molar-refractivity contribution is 5.94. The van der Waals surface area contributed by atoms with E-state index in [4.69, 9.17) is 10.3 Å². The number of ether oxygens (including phenoxy) is 1. The van der Waals surface area contributed by atoms with Gasteiger partial charge in [0.15, 0.2) is 0 Å². The highest BCUT2D eigenvalue weighted by atomic mass is 16.5. The summed E-state index contributed by atoms with van der Waals surface area (Å²) >= 11 is 0. The molecular weight excluding hydrogens is 284 g/mol. The van der Waals surface area contributed by atoms with Gasteiger partial charge in [0.05, 0.1) is 12.5 Å². The molecule has 1 aliphatic rings. The molecule has 7 nitrogen and oxygen atoms in total. The van der Waals surface area contributed by atoms with E-state index >= 15 is 0 Å². The summed E-state index contributed by atoms with van der Waals surface area (Å²) < 4.78 is 5.03. The number of hydrogen-bond donors (Lipinski definition) is 0. The molecule has 0 aliphatic carbocycles. The average molecular weight is 302 g/mol. The molecule has 0 radical (unpaired) electrons. The quantitative estimate of drug-likeness (QED) is 0.370. The fraction of sp³-hybridized carbons (Fsp3) is 0.467. The van der Waals surface area contributed by atoms with Crippen molar-refractivity contribution in [1.82, 2.24) is 4.90 Å². The minimum Gasteiger partial charge on any atom is -0.466 e. The molecule has 1 saturated heterocycles. The van der Waals surface area contributed by atoms with Gasteiger partial charge in [0.2, 0.25) is 0 Å². The lowest BCUT2D eigenvalue weighted by Crippen LogP contribution is -2.42. The Balaban J connectivity index is 2.05. The van der Waals surface area contributed by atoms with Gasteiger partial charge in [-0.05, 0) is 37.4 Å². The molecule has 1 aromatic carbocycles. The van der Waals surface area contributed by atoms with E-state index in [1.165, 1.54) is 0 Å². The SMILES string of the molecule is CCOC(=O)C1CCCN(C(=O)c2ccc(N=[N+]=[N-])cc2)C1. The minimum absolute atomic E-state index is 0.124. The zero-order chi connectivity index (χ0) is 15.9. The largest absolute Gasteiger partial charge is 0.466 e. The van der Waals surface area contributed by atoms with Crippen LogP contribution >= 0.6 is 0 Å². The lowest BCUT2D eigenvalue weighted by molar-refractivity contribution is -0.149. The van der Waals surface area contributed by atoms with Gasteiger partial charge >= 0.3 is 5.97 Å². The molecule has 22 heavy (non-hydrogen) atoms. The minimum atomic E-state index is -0.250. The van der Waals surface area contributed by atoms with Gasteiger partial charge in [0.25, 0.3) is 5.91 Å². The maximum Gasteiger partial charge on any atom is 0.310 e. The molecule has 1 fully saturated rings. The molecule has 116 valence electrons. The molecular formula is C15H18N4O3. The third-order valence-electron chi connectivity index (χ3n) is 3.60. The van der Waals surface area contributed by atoms with Crippen molar-refractivity contribution in [2.45, 2.75) is 19.8 Å². The molecule has 1 heterocycles. The van der Waals surface area contributed by atoms with Crippen LogP contribution in [0.4, 0.5) is 5.69 Å². The number of carbonyl (C=O) groups is 2. The van der Waals surface area contributed by atoms with E-state index in [1.807, 2.05) is 0 Å². The number of benzene rings is 1. The molecule has 1 aliphatic heterocycles. The number of piperidine rings is 1. The maximum atomic E-state index is 12.5. The number of amides is 1. The molecule has 7 heteroatoms. The summed E-state index contributed by atoms with van der Waals surface area (Å²) in [4.78, 5) is 28.6. The van der Waals surface area contributed by atoms with Crippen LogP contribution in [-0.4, -0.2) is 36.5 Å². The number of nitrogens with zero attached hydrogens (tertiary/aromatic N) is 4. The first-order chi connectivity index (χ1) is 10.7. The molecule has 1 atom stereocenters. The third kappa shape index (κ3) is 3.77. The molecule has 0 bridgehead atoms. The molecule has 1 aromatic rings. The Kier molecular flexibility index (Phi) is 5.38. The van der Waals surface area contributed by atoms with Gasteiger partial charge in [-0.15, -0.1) is 0 Å². The highest BCUT2D eigenvalue weighted by Gasteiger charge is 2.29. The van der Waals surface area contributed by atoms with Crippen molar-refractivity contribution in [3.8, 4) is 0 Å². The summed E-state index contributed by atoms with van der Waals surface area (Å²) in [5.41, 5.74) is 9.34. The highest BCUT2D eigenvalue weighted by Crippen LogP contribution is 2.21. The van der Waals surface area contributed by atoms with Gasteiger partial charge in [-0.25, -0.2) is 0 Å². The Morgan fingerprint density at radius 1 is 1.41 bits per heavy atom. The number of likely N-dealkylation sites (tertiary alicyclic amines) is 1. The first kappa shape index (κ1) is 15.9. The topological polar surface area (TPSA) is 95.4 Å². The van der Waals surface area contributed by atoms with Crippen molar-refractivity contribution in [3.63, 3.8) is 0 Å². The average Bonchev–Trinajstić information content (AvgIpc) is 2.55. The zero-order valence-electron chi connectivity index (χ0n) is 12.4. The molecule has 0 N–H and O–H groups in total. The molecule has 0 aromatic heterocycles. The van der Waals surface area contributed by atoms with Crippen molar-refractivity contribution < 1.29 is 14.3 Å². The predicted octanol–water partition coefficient (Wildman–Crippen LogP) is 3.04. The Morgan fingerprint density at radius 2 is 2.14 bits per heavy atom. The van der Waals surface area contributed by atoms with Gasteiger partial charge in [-0.1, -0.05) is 17.2 Å². The van der Waals surface area contributed by atoms with E-state index in [-0.39, 0.29) is 17.8 Å². The van der Waals surface area contributed by atoms with Gasteiger partial charge in [0.1, 0.15) is 0 Å². The Bertz CT molecular complexity index is 593. The predicted molar refractivity (Wildman–Crippen MR) is 80.5 cm³/mol. The molecule has 0 saturated carbocycles. The lowest BCUT2D eigenvalue weighted by Gasteiger charge is -2.31. The third-order valence-corrected chi connectivity index (χ3v) is 3.60.